The first-order valence-corrected chi connectivity index (χ1v) is 5.08. The summed E-state index contributed by atoms with van der Waals surface area (Å²) in [6, 6.07) is 3.77. The lowest BCUT2D eigenvalue weighted by atomic mass is 10.1. The van der Waals surface area contributed by atoms with Crippen LogP contribution in [-0.4, -0.2) is 22.0 Å². The zero-order valence-corrected chi connectivity index (χ0v) is 9.40. The van der Waals surface area contributed by atoms with Gasteiger partial charge in [0.1, 0.15) is 11.4 Å². The van der Waals surface area contributed by atoms with E-state index in [-0.39, 0.29) is 16.6 Å². The van der Waals surface area contributed by atoms with Gasteiger partial charge in [-0.1, -0.05) is 0 Å². The molecule has 0 aliphatic heterocycles. The fraction of sp³-hybridized carbons (Fsp3) is 0.0833. The summed E-state index contributed by atoms with van der Waals surface area (Å²) >= 11 is 0. The Balaban J connectivity index is 2.78. The van der Waals surface area contributed by atoms with E-state index >= 15 is 0 Å². The molecular weight excluding hydrogens is 239 g/mol. The number of halogens is 1. The van der Waals surface area contributed by atoms with Crippen LogP contribution in [0, 0.1) is 5.82 Å². The van der Waals surface area contributed by atoms with Crippen LogP contribution in [0.4, 0.5) is 10.1 Å². The van der Waals surface area contributed by atoms with E-state index in [2.05, 4.69) is 10.3 Å². The second-order valence-corrected chi connectivity index (χ2v) is 3.69. The Labute approximate surface area is 101 Å². The maximum atomic E-state index is 13.2. The summed E-state index contributed by atoms with van der Waals surface area (Å²) in [6.07, 6.45) is 1.13. The molecule has 0 radical (unpaired) electrons. The molecule has 18 heavy (non-hydrogen) atoms. The molecule has 0 fully saturated rings. The van der Waals surface area contributed by atoms with Gasteiger partial charge in [0.05, 0.1) is 11.2 Å². The number of carboxylic acid groups (broad SMARTS) is 1. The molecule has 0 aliphatic carbocycles. The van der Waals surface area contributed by atoms with Crippen molar-refractivity contribution in [2.45, 2.75) is 6.92 Å². The molecule has 0 unspecified atom stereocenters. The van der Waals surface area contributed by atoms with Gasteiger partial charge in [0.2, 0.25) is 5.91 Å². The third kappa shape index (κ3) is 2.13. The summed E-state index contributed by atoms with van der Waals surface area (Å²) < 4.78 is 13.2. The summed E-state index contributed by atoms with van der Waals surface area (Å²) in [7, 11) is 0. The van der Waals surface area contributed by atoms with Crippen molar-refractivity contribution in [3.8, 4) is 0 Å². The second-order valence-electron chi connectivity index (χ2n) is 3.69. The predicted octanol–water partition coefficient (Wildman–Crippen LogP) is 2.03. The van der Waals surface area contributed by atoms with Crippen molar-refractivity contribution >= 4 is 28.5 Å². The van der Waals surface area contributed by atoms with Gasteiger partial charge in [0, 0.05) is 18.5 Å². The lowest BCUT2D eigenvalue weighted by molar-refractivity contribution is -0.114. The number of anilines is 1. The van der Waals surface area contributed by atoms with E-state index in [9.17, 15) is 14.0 Å². The van der Waals surface area contributed by atoms with E-state index in [1.165, 1.54) is 19.1 Å². The van der Waals surface area contributed by atoms with Crippen molar-refractivity contribution in [2.24, 2.45) is 0 Å². The Kier molecular flexibility index (Phi) is 2.93. The molecule has 0 saturated heterocycles. The van der Waals surface area contributed by atoms with Crippen LogP contribution in [0.15, 0.2) is 24.4 Å². The minimum Gasteiger partial charge on any atom is -0.478 e. The van der Waals surface area contributed by atoms with Gasteiger partial charge >= 0.3 is 5.97 Å². The number of carbonyl (C=O) groups is 2. The van der Waals surface area contributed by atoms with E-state index in [0.29, 0.717) is 5.52 Å². The lowest BCUT2D eigenvalue weighted by Crippen LogP contribution is -2.12. The maximum absolute atomic E-state index is 13.2. The summed E-state index contributed by atoms with van der Waals surface area (Å²) in [5, 5.41) is 11.7. The van der Waals surface area contributed by atoms with Gasteiger partial charge in [0.25, 0.3) is 0 Å². The number of hydrogen-bond donors (Lipinski definition) is 2. The SMILES string of the molecule is CC(=O)Nc1c(C(=O)O)cnc2ccc(F)cc12. The fourth-order valence-electron chi connectivity index (χ4n) is 1.64. The highest BCUT2D eigenvalue weighted by Crippen LogP contribution is 2.26. The molecule has 0 bridgehead atoms. The smallest absolute Gasteiger partial charge is 0.339 e. The Morgan fingerprint density at radius 2 is 2.11 bits per heavy atom. The number of hydrogen-bond acceptors (Lipinski definition) is 3. The fourth-order valence-corrected chi connectivity index (χ4v) is 1.64. The van der Waals surface area contributed by atoms with E-state index < -0.39 is 17.7 Å². The van der Waals surface area contributed by atoms with Crippen molar-refractivity contribution in [2.75, 3.05) is 5.32 Å². The topological polar surface area (TPSA) is 79.3 Å². The number of carboxylic acids is 1. The highest BCUT2D eigenvalue weighted by atomic mass is 19.1. The number of nitrogens with zero attached hydrogens (tertiary/aromatic N) is 1. The van der Waals surface area contributed by atoms with Gasteiger partial charge < -0.3 is 10.4 Å². The summed E-state index contributed by atoms with van der Waals surface area (Å²) in [5.74, 6) is -2.20. The number of rotatable bonds is 2. The average molecular weight is 248 g/mol. The first kappa shape index (κ1) is 12.0. The molecule has 2 N–H and O–H groups in total. The number of carbonyl (C=O) groups excluding carboxylic acids is 1. The monoisotopic (exact) mass is 248 g/mol. The molecular formula is C12H9FN2O3. The minimum absolute atomic E-state index is 0.0551. The first-order valence-electron chi connectivity index (χ1n) is 5.08. The van der Waals surface area contributed by atoms with Crippen molar-refractivity contribution in [1.82, 2.24) is 4.98 Å². The molecule has 2 aromatic rings. The predicted molar refractivity (Wildman–Crippen MR) is 63.0 cm³/mol. The number of fused-ring (bicyclic) bond motifs is 1. The number of pyridine rings is 1. The van der Waals surface area contributed by atoms with Gasteiger partial charge in [-0.2, -0.15) is 0 Å². The molecule has 0 spiro atoms. The number of amides is 1. The summed E-state index contributed by atoms with van der Waals surface area (Å²) in [6.45, 7) is 1.25. The number of benzene rings is 1. The quantitative estimate of drug-likeness (QED) is 0.852. The van der Waals surface area contributed by atoms with Gasteiger partial charge in [-0.25, -0.2) is 9.18 Å². The van der Waals surface area contributed by atoms with Crippen LogP contribution in [-0.2, 0) is 4.79 Å². The zero-order valence-electron chi connectivity index (χ0n) is 9.40. The van der Waals surface area contributed by atoms with Crippen molar-refractivity contribution in [3.05, 3.63) is 35.8 Å². The first-order chi connectivity index (χ1) is 8.49. The highest BCUT2D eigenvalue weighted by Gasteiger charge is 2.15. The molecule has 0 aliphatic rings. The van der Waals surface area contributed by atoms with Gasteiger partial charge in [-0.05, 0) is 18.2 Å². The largest absolute Gasteiger partial charge is 0.478 e. The third-order valence-electron chi connectivity index (χ3n) is 2.36. The average Bonchev–Trinajstić information content (AvgIpc) is 2.28. The zero-order chi connectivity index (χ0) is 13.3. The Bertz CT molecular complexity index is 655. The van der Waals surface area contributed by atoms with Crippen LogP contribution in [0.25, 0.3) is 10.9 Å². The van der Waals surface area contributed by atoms with Crippen molar-refractivity contribution in [3.63, 3.8) is 0 Å². The number of aromatic nitrogens is 1. The Hall–Kier alpha value is -2.50. The molecule has 0 atom stereocenters. The third-order valence-corrected chi connectivity index (χ3v) is 2.36. The maximum Gasteiger partial charge on any atom is 0.339 e. The molecule has 1 heterocycles. The normalized spacial score (nSPS) is 10.3. The Morgan fingerprint density at radius 3 is 2.72 bits per heavy atom. The molecule has 1 aromatic heterocycles. The Morgan fingerprint density at radius 1 is 1.39 bits per heavy atom. The van der Waals surface area contributed by atoms with Crippen LogP contribution < -0.4 is 5.32 Å². The molecule has 0 saturated carbocycles. The van der Waals surface area contributed by atoms with Crippen molar-refractivity contribution in [1.29, 1.82) is 0 Å². The van der Waals surface area contributed by atoms with Gasteiger partial charge in [0.15, 0.2) is 0 Å². The molecule has 6 heteroatoms. The molecule has 5 nitrogen and oxygen atoms in total. The second kappa shape index (κ2) is 4.40. The van der Waals surface area contributed by atoms with E-state index in [4.69, 9.17) is 5.11 Å². The number of aromatic carboxylic acids is 1. The van der Waals surface area contributed by atoms with Gasteiger partial charge in [-0.15, -0.1) is 0 Å². The lowest BCUT2D eigenvalue weighted by Gasteiger charge is -2.10. The van der Waals surface area contributed by atoms with Crippen LogP contribution >= 0.6 is 0 Å². The van der Waals surface area contributed by atoms with Crippen LogP contribution in [0.3, 0.4) is 0 Å². The van der Waals surface area contributed by atoms with Crippen LogP contribution in [0.1, 0.15) is 17.3 Å². The van der Waals surface area contributed by atoms with E-state index in [1.807, 2.05) is 0 Å². The van der Waals surface area contributed by atoms with Crippen LogP contribution in [0.2, 0.25) is 0 Å². The standard InChI is InChI=1S/C12H9FN2O3/c1-6(16)15-11-8-4-7(13)2-3-10(8)14-5-9(11)12(17)18/h2-5H,1H3,(H,17,18)(H,14,15,16). The molecule has 1 aromatic carbocycles. The van der Waals surface area contributed by atoms with E-state index in [1.54, 1.807) is 0 Å². The minimum atomic E-state index is -1.24. The summed E-state index contributed by atoms with van der Waals surface area (Å²) in [5.41, 5.74) is 0.285. The van der Waals surface area contributed by atoms with Crippen LogP contribution in [0.5, 0.6) is 0 Å². The van der Waals surface area contributed by atoms with Gasteiger partial charge in [-0.3, -0.25) is 9.78 Å². The summed E-state index contributed by atoms with van der Waals surface area (Å²) in [4.78, 5) is 26.1. The highest BCUT2D eigenvalue weighted by molar-refractivity contribution is 6.09. The molecule has 92 valence electrons. The molecule has 1 amide bonds. The van der Waals surface area contributed by atoms with E-state index in [0.717, 1.165) is 12.3 Å². The van der Waals surface area contributed by atoms with Crippen molar-refractivity contribution < 1.29 is 19.1 Å². The number of nitrogens with one attached hydrogen (secondary N) is 1. The molecule has 2 rings (SSSR count).